The van der Waals surface area contributed by atoms with Gasteiger partial charge in [0.25, 0.3) is 0 Å². The first-order valence-electron chi connectivity index (χ1n) is 5.75. The normalized spacial score (nSPS) is 14.2. The first-order chi connectivity index (χ1) is 8.29. The van der Waals surface area contributed by atoms with Crippen LogP contribution in [0.5, 0.6) is 0 Å². The van der Waals surface area contributed by atoms with Crippen LogP contribution in [0.2, 0.25) is 0 Å². The molecule has 3 heteroatoms. The molecule has 0 aliphatic carbocycles. The molecule has 2 rings (SSSR count). The van der Waals surface area contributed by atoms with Crippen molar-refractivity contribution >= 4 is 11.7 Å². The van der Waals surface area contributed by atoms with Gasteiger partial charge in [-0.15, -0.1) is 0 Å². The van der Waals surface area contributed by atoms with Crippen molar-refractivity contribution < 1.29 is 9.53 Å². The van der Waals surface area contributed by atoms with E-state index in [1.54, 1.807) is 13.1 Å². The number of hydrogen-bond donors (Lipinski definition) is 0. The van der Waals surface area contributed by atoms with E-state index in [0.717, 1.165) is 12.1 Å². The maximum absolute atomic E-state index is 11.5. The summed E-state index contributed by atoms with van der Waals surface area (Å²) in [6.07, 6.45) is 3.02. The van der Waals surface area contributed by atoms with E-state index in [9.17, 15) is 4.79 Å². The fourth-order valence-electron chi connectivity index (χ4n) is 1.77. The molecule has 1 heterocycles. The van der Waals surface area contributed by atoms with E-state index in [0.29, 0.717) is 18.6 Å². The second-order valence-electron chi connectivity index (χ2n) is 3.91. The second-order valence-corrected chi connectivity index (χ2v) is 3.91. The minimum Gasteiger partial charge on any atom is -0.463 e. The fourth-order valence-corrected chi connectivity index (χ4v) is 1.77. The van der Waals surface area contributed by atoms with Gasteiger partial charge in [-0.25, -0.2) is 4.79 Å². The zero-order valence-corrected chi connectivity index (χ0v) is 9.85. The highest BCUT2D eigenvalue weighted by Gasteiger charge is 2.17. The van der Waals surface area contributed by atoms with Crippen LogP contribution in [0.1, 0.15) is 18.9 Å². The molecule has 0 saturated carbocycles. The summed E-state index contributed by atoms with van der Waals surface area (Å²) in [4.78, 5) is 15.7. The average Bonchev–Trinajstić information content (AvgIpc) is 2.79. The standard InChI is InChI=1S/C14H15NO2/c1-2-17-14(16)12-9-13(15-10-12)8-11-6-4-3-5-7-11/h3-7,10H,2,8-9H2,1H3. The van der Waals surface area contributed by atoms with Crippen LogP contribution in [0, 0.1) is 0 Å². The molecule has 1 aliphatic heterocycles. The van der Waals surface area contributed by atoms with E-state index >= 15 is 0 Å². The molecule has 0 bridgehead atoms. The van der Waals surface area contributed by atoms with Gasteiger partial charge in [-0.2, -0.15) is 0 Å². The minimum absolute atomic E-state index is 0.251. The zero-order chi connectivity index (χ0) is 12.1. The van der Waals surface area contributed by atoms with Gasteiger partial charge < -0.3 is 4.74 Å². The molecule has 1 aromatic rings. The number of nitrogens with zero attached hydrogens (tertiary/aromatic N) is 1. The number of aliphatic imine (C=N–C) groups is 1. The highest BCUT2D eigenvalue weighted by Crippen LogP contribution is 2.16. The molecular formula is C14H15NO2. The number of benzene rings is 1. The molecule has 0 saturated heterocycles. The number of hydrogen-bond acceptors (Lipinski definition) is 3. The number of rotatable bonds is 4. The molecule has 88 valence electrons. The maximum atomic E-state index is 11.5. The number of carbonyl (C=O) groups is 1. The molecule has 0 amide bonds. The minimum atomic E-state index is -0.251. The van der Waals surface area contributed by atoms with Crippen molar-refractivity contribution in [2.24, 2.45) is 4.99 Å². The van der Waals surface area contributed by atoms with Gasteiger partial charge in [-0.05, 0) is 12.5 Å². The topological polar surface area (TPSA) is 38.7 Å². The Labute approximate surface area is 101 Å². The zero-order valence-electron chi connectivity index (χ0n) is 9.85. The van der Waals surface area contributed by atoms with Crippen molar-refractivity contribution in [2.75, 3.05) is 6.61 Å². The predicted octanol–water partition coefficient (Wildman–Crippen LogP) is 2.52. The third-order valence-electron chi connectivity index (χ3n) is 2.59. The Morgan fingerprint density at radius 3 is 2.82 bits per heavy atom. The Bertz CT molecular complexity index is 460. The molecule has 0 radical (unpaired) electrons. The lowest BCUT2D eigenvalue weighted by Crippen LogP contribution is -2.09. The van der Waals surface area contributed by atoms with Gasteiger partial charge in [0.2, 0.25) is 0 Å². The molecule has 0 unspecified atom stereocenters. The van der Waals surface area contributed by atoms with Crippen LogP contribution in [-0.2, 0) is 16.0 Å². The highest BCUT2D eigenvalue weighted by molar-refractivity contribution is 6.01. The molecule has 0 aromatic heterocycles. The van der Waals surface area contributed by atoms with Crippen LogP contribution in [0.4, 0.5) is 0 Å². The highest BCUT2D eigenvalue weighted by atomic mass is 16.5. The van der Waals surface area contributed by atoms with Crippen molar-refractivity contribution in [2.45, 2.75) is 19.8 Å². The van der Waals surface area contributed by atoms with Crippen LogP contribution in [0.15, 0.2) is 47.1 Å². The van der Waals surface area contributed by atoms with Crippen LogP contribution in [0.3, 0.4) is 0 Å². The van der Waals surface area contributed by atoms with Crippen LogP contribution >= 0.6 is 0 Å². The van der Waals surface area contributed by atoms with Gasteiger partial charge in [0.05, 0.1) is 12.2 Å². The Hall–Kier alpha value is -1.90. The van der Waals surface area contributed by atoms with Crippen LogP contribution in [-0.4, -0.2) is 18.3 Å². The van der Waals surface area contributed by atoms with Gasteiger partial charge in [-0.1, -0.05) is 30.3 Å². The summed E-state index contributed by atoms with van der Waals surface area (Å²) in [5.41, 5.74) is 2.88. The number of ether oxygens (including phenoxy) is 1. The van der Waals surface area contributed by atoms with Crippen LogP contribution in [0.25, 0.3) is 0 Å². The van der Waals surface area contributed by atoms with Gasteiger partial charge in [0.15, 0.2) is 0 Å². The molecule has 0 spiro atoms. The Morgan fingerprint density at radius 1 is 1.35 bits per heavy atom. The van der Waals surface area contributed by atoms with E-state index in [1.165, 1.54) is 5.56 Å². The van der Waals surface area contributed by atoms with Crippen molar-refractivity contribution in [3.8, 4) is 0 Å². The summed E-state index contributed by atoms with van der Waals surface area (Å²) in [6.45, 7) is 2.21. The smallest absolute Gasteiger partial charge is 0.335 e. The lowest BCUT2D eigenvalue weighted by Gasteiger charge is -2.03. The van der Waals surface area contributed by atoms with Crippen LogP contribution < -0.4 is 0 Å². The van der Waals surface area contributed by atoms with E-state index in [4.69, 9.17) is 4.74 Å². The Kier molecular flexibility index (Phi) is 3.70. The lowest BCUT2D eigenvalue weighted by atomic mass is 10.0. The van der Waals surface area contributed by atoms with E-state index in [-0.39, 0.29) is 5.97 Å². The molecule has 0 atom stereocenters. The molecule has 1 aromatic carbocycles. The molecular weight excluding hydrogens is 214 g/mol. The molecule has 1 aliphatic rings. The molecule has 0 N–H and O–H groups in total. The average molecular weight is 229 g/mol. The largest absolute Gasteiger partial charge is 0.463 e. The van der Waals surface area contributed by atoms with E-state index < -0.39 is 0 Å². The predicted molar refractivity (Wildman–Crippen MR) is 66.9 cm³/mol. The number of esters is 1. The summed E-state index contributed by atoms with van der Waals surface area (Å²) >= 11 is 0. The first-order valence-corrected chi connectivity index (χ1v) is 5.75. The summed E-state index contributed by atoms with van der Waals surface area (Å²) in [6, 6.07) is 10.1. The van der Waals surface area contributed by atoms with Crippen molar-refractivity contribution in [3.05, 3.63) is 47.7 Å². The van der Waals surface area contributed by atoms with Crippen molar-refractivity contribution in [1.82, 2.24) is 0 Å². The van der Waals surface area contributed by atoms with Gasteiger partial charge in [-0.3, -0.25) is 4.99 Å². The van der Waals surface area contributed by atoms with E-state index in [1.807, 2.05) is 18.2 Å². The first kappa shape index (κ1) is 11.6. The second kappa shape index (κ2) is 5.43. The monoisotopic (exact) mass is 229 g/mol. The van der Waals surface area contributed by atoms with Crippen molar-refractivity contribution in [1.29, 1.82) is 0 Å². The third kappa shape index (κ3) is 3.03. The summed E-state index contributed by atoms with van der Waals surface area (Å²) in [5, 5.41) is 0. The summed E-state index contributed by atoms with van der Waals surface area (Å²) in [5.74, 6) is -0.251. The fraction of sp³-hybridized carbons (Fsp3) is 0.286. The van der Waals surface area contributed by atoms with Gasteiger partial charge >= 0.3 is 5.97 Å². The van der Waals surface area contributed by atoms with E-state index in [2.05, 4.69) is 17.1 Å². The van der Waals surface area contributed by atoms with Crippen molar-refractivity contribution in [3.63, 3.8) is 0 Å². The molecule has 0 fully saturated rings. The van der Waals surface area contributed by atoms with Gasteiger partial charge in [0, 0.05) is 24.8 Å². The van der Waals surface area contributed by atoms with Gasteiger partial charge in [0.1, 0.15) is 0 Å². The maximum Gasteiger partial charge on any atom is 0.335 e. The Balaban J connectivity index is 1.90. The summed E-state index contributed by atoms with van der Waals surface area (Å²) < 4.78 is 4.94. The molecule has 3 nitrogen and oxygen atoms in total. The molecule has 17 heavy (non-hydrogen) atoms. The third-order valence-corrected chi connectivity index (χ3v) is 2.59. The summed E-state index contributed by atoms with van der Waals surface area (Å²) in [7, 11) is 0. The number of carbonyl (C=O) groups excluding carboxylic acids is 1. The Morgan fingerprint density at radius 2 is 2.12 bits per heavy atom. The SMILES string of the molecule is CCOC(=O)C1=CN=C(Cc2ccccc2)C1. The lowest BCUT2D eigenvalue weighted by molar-refractivity contribution is -0.138. The quantitative estimate of drug-likeness (QED) is 0.744.